The predicted molar refractivity (Wildman–Crippen MR) is 175 cm³/mol. The molecule has 2 saturated heterocycles. The van der Waals surface area contributed by atoms with Crippen molar-refractivity contribution in [3.63, 3.8) is 0 Å². The first-order valence-corrected chi connectivity index (χ1v) is 15.5. The van der Waals surface area contributed by atoms with E-state index >= 15 is 0 Å². The number of halogens is 1. The van der Waals surface area contributed by atoms with Crippen LogP contribution in [-0.4, -0.2) is 35.8 Å². The second-order valence-corrected chi connectivity index (χ2v) is 12.6. The highest BCUT2D eigenvalue weighted by Gasteiger charge is 2.62. The van der Waals surface area contributed by atoms with E-state index in [9.17, 15) is 24.3 Å². The fourth-order valence-electron chi connectivity index (χ4n) is 7.92. The van der Waals surface area contributed by atoms with Gasteiger partial charge in [-0.15, -0.1) is 0 Å². The molecular formula is C37H31ClN2O6. The maximum absolute atomic E-state index is 14.3. The number of amides is 4. The largest absolute Gasteiger partial charge is 0.503 e. The van der Waals surface area contributed by atoms with Crippen molar-refractivity contribution in [1.82, 2.24) is 0 Å². The van der Waals surface area contributed by atoms with E-state index in [1.54, 1.807) is 72.8 Å². The van der Waals surface area contributed by atoms with Gasteiger partial charge in [0, 0.05) is 5.92 Å². The first kappa shape index (κ1) is 29.7. The monoisotopic (exact) mass is 634 g/mol. The molecule has 0 unspecified atom stereocenters. The lowest BCUT2D eigenvalue weighted by Crippen LogP contribution is -2.43. The number of fused-ring (bicyclic) bond motifs is 4. The Kier molecular flexibility index (Phi) is 7.20. The molecule has 0 radical (unpaired) electrons. The number of hydrogen-bond acceptors (Lipinski definition) is 6. The van der Waals surface area contributed by atoms with Gasteiger partial charge >= 0.3 is 0 Å². The van der Waals surface area contributed by atoms with Gasteiger partial charge in [0.25, 0.3) is 0 Å². The van der Waals surface area contributed by atoms with Gasteiger partial charge in [0.1, 0.15) is 0 Å². The normalized spacial score (nSPS) is 26.8. The zero-order chi connectivity index (χ0) is 32.4. The lowest BCUT2D eigenvalue weighted by Gasteiger charge is -2.44. The summed E-state index contributed by atoms with van der Waals surface area (Å²) in [5, 5.41) is 10.6. The van der Waals surface area contributed by atoms with Crippen molar-refractivity contribution >= 4 is 58.8 Å². The third kappa shape index (κ3) is 4.35. The third-order valence-electron chi connectivity index (χ3n) is 10.1. The standard InChI is InChI=1S/C37H31ClN2O6/c1-4-19-6-10-22(11-7-19)39-34(42)25-15-14-24-26(31(25)36(39)44)18-27-32(30(24)21-16-28(38)33(41)29(17-21)46-3)37(45)40(35(27)43)23-12-8-20(5-2)9-13-23/h4-14,16-17,25-27,30-32,41H,1-2,15,18H2,3H3/t25-,26+,27+,30-,31-,32+/m0/s1. The number of benzene rings is 3. The molecule has 8 nitrogen and oxygen atoms in total. The SMILES string of the molecule is C=Cc1ccc(N2C(=O)[C@H]3[C@H](CC=C4[C@H]3C[C@H]3C(=O)N(c5ccc(C=C)cc5)C(=O)[C@H]3[C@H]4c3cc(Cl)c(O)c(OC)c3)C2=O)cc1. The van der Waals surface area contributed by atoms with E-state index in [4.69, 9.17) is 16.3 Å². The Balaban J connectivity index is 1.34. The van der Waals surface area contributed by atoms with Crippen LogP contribution in [0.3, 0.4) is 0 Å². The highest BCUT2D eigenvalue weighted by Crippen LogP contribution is 2.59. The summed E-state index contributed by atoms with van der Waals surface area (Å²) in [5.41, 5.74) is 4.05. The van der Waals surface area contributed by atoms with Crippen LogP contribution in [0.4, 0.5) is 11.4 Å². The summed E-state index contributed by atoms with van der Waals surface area (Å²) in [6, 6.07) is 17.3. The molecule has 6 atom stereocenters. The molecule has 2 aliphatic heterocycles. The zero-order valence-electron chi connectivity index (χ0n) is 25.1. The van der Waals surface area contributed by atoms with Crippen LogP contribution in [0.2, 0.25) is 5.02 Å². The molecule has 1 N–H and O–H groups in total. The van der Waals surface area contributed by atoms with E-state index < -0.39 is 35.5 Å². The highest BCUT2D eigenvalue weighted by atomic mass is 35.5. The van der Waals surface area contributed by atoms with Crippen LogP contribution in [0.15, 0.2) is 85.5 Å². The van der Waals surface area contributed by atoms with Crippen molar-refractivity contribution in [3.8, 4) is 11.5 Å². The summed E-state index contributed by atoms with van der Waals surface area (Å²) in [7, 11) is 1.41. The number of carbonyl (C=O) groups excluding carboxylic acids is 4. The van der Waals surface area contributed by atoms with Gasteiger partial charge in [-0.3, -0.25) is 29.0 Å². The molecule has 9 heteroatoms. The van der Waals surface area contributed by atoms with Gasteiger partial charge in [-0.25, -0.2) is 0 Å². The number of aromatic hydroxyl groups is 1. The molecule has 3 aromatic rings. The van der Waals surface area contributed by atoms with Crippen LogP contribution < -0.4 is 14.5 Å². The molecule has 2 heterocycles. The number of phenols is 1. The summed E-state index contributed by atoms with van der Waals surface area (Å²) < 4.78 is 5.41. The summed E-state index contributed by atoms with van der Waals surface area (Å²) in [6.07, 6.45) is 5.89. The molecule has 4 aliphatic rings. The number of allylic oxidation sites excluding steroid dienone is 2. The van der Waals surface area contributed by atoms with Crippen LogP contribution in [-0.2, 0) is 19.2 Å². The van der Waals surface area contributed by atoms with Crippen molar-refractivity contribution in [3.05, 3.63) is 107 Å². The van der Waals surface area contributed by atoms with Crippen LogP contribution >= 0.6 is 11.6 Å². The van der Waals surface area contributed by atoms with Gasteiger partial charge in [-0.05, 0) is 71.8 Å². The summed E-state index contributed by atoms with van der Waals surface area (Å²) in [4.78, 5) is 59.0. The first-order chi connectivity index (χ1) is 22.2. The maximum Gasteiger partial charge on any atom is 0.238 e. The number of carbonyl (C=O) groups is 4. The molecule has 0 bridgehead atoms. The van der Waals surface area contributed by atoms with Gasteiger partial charge in [0.2, 0.25) is 23.6 Å². The fraction of sp³-hybridized carbons (Fsp3) is 0.243. The predicted octanol–water partition coefficient (Wildman–Crippen LogP) is 6.39. The molecule has 3 fully saturated rings. The van der Waals surface area contributed by atoms with Crippen LogP contribution in [0, 0.1) is 29.6 Å². The van der Waals surface area contributed by atoms with Crippen LogP contribution in [0.25, 0.3) is 12.2 Å². The molecule has 46 heavy (non-hydrogen) atoms. The van der Waals surface area contributed by atoms with Crippen LogP contribution in [0.1, 0.15) is 35.4 Å². The van der Waals surface area contributed by atoms with E-state index in [1.807, 2.05) is 6.08 Å². The smallest absolute Gasteiger partial charge is 0.238 e. The Hall–Kier alpha value is -4.95. The maximum atomic E-state index is 14.3. The molecule has 3 aromatic carbocycles. The molecule has 7 rings (SSSR count). The van der Waals surface area contributed by atoms with E-state index in [0.29, 0.717) is 23.4 Å². The molecule has 1 saturated carbocycles. The minimum Gasteiger partial charge on any atom is -0.503 e. The minimum absolute atomic E-state index is 0.0391. The Morgan fingerprint density at radius 1 is 0.783 bits per heavy atom. The lowest BCUT2D eigenvalue weighted by molar-refractivity contribution is -0.126. The second-order valence-electron chi connectivity index (χ2n) is 12.2. The van der Waals surface area contributed by atoms with E-state index in [0.717, 1.165) is 16.7 Å². The Morgan fingerprint density at radius 2 is 1.33 bits per heavy atom. The van der Waals surface area contributed by atoms with E-state index in [-0.39, 0.29) is 46.6 Å². The summed E-state index contributed by atoms with van der Waals surface area (Å²) in [6.45, 7) is 7.55. The molecule has 232 valence electrons. The van der Waals surface area contributed by atoms with Gasteiger partial charge in [0.15, 0.2) is 11.5 Å². The van der Waals surface area contributed by atoms with Gasteiger partial charge in [0.05, 0.1) is 47.2 Å². The first-order valence-electron chi connectivity index (χ1n) is 15.2. The van der Waals surface area contributed by atoms with Crippen LogP contribution in [0.5, 0.6) is 11.5 Å². The average molecular weight is 635 g/mol. The Labute approximate surface area is 271 Å². The third-order valence-corrected chi connectivity index (χ3v) is 10.3. The van der Waals surface area contributed by atoms with Crippen molar-refractivity contribution in [2.45, 2.75) is 18.8 Å². The minimum atomic E-state index is -0.786. The second kappa shape index (κ2) is 11.1. The number of imide groups is 2. The van der Waals surface area contributed by atoms with E-state index in [1.165, 1.54) is 16.9 Å². The number of phenolic OH excluding ortho intramolecular Hbond substituents is 1. The molecule has 0 spiro atoms. The number of nitrogens with zero attached hydrogens (tertiary/aromatic N) is 2. The quantitative estimate of drug-likeness (QED) is 0.249. The Bertz CT molecular complexity index is 1860. The number of anilines is 2. The summed E-state index contributed by atoms with van der Waals surface area (Å²) in [5.74, 6) is -5.35. The average Bonchev–Trinajstić information content (AvgIpc) is 3.48. The van der Waals surface area contributed by atoms with Gasteiger partial charge < -0.3 is 9.84 Å². The van der Waals surface area contributed by atoms with Gasteiger partial charge in [-0.2, -0.15) is 0 Å². The van der Waals surface area contributed by atoms with Crippen molar-refractivity contribution in [1.29, 1.82) is 0 Å². The molecule has 0 aromatic heterocycles. The van der Waals surface area contributed by atoms with Crippen molar-refractivity contribution in [2.24, 2.45) is 29.6 Å². The van der Waals surface area contributed by atoms with Gasteiger partial charge in [-0.1, -0.05) is 72.8 Å². The van der Waals surface area contributed by atoms with Crippen molar-refractivity contribution in [2.75, 3.05) is 16.9 Å². The molecular weight excluding hydrogens is 604 g/mol. The number of methoxy groups -OCH3 is 1. The number of hydrogen-bond donors (Lipinski definition) is 1. The number of ether oxygens (including phenoxy) is 1. The zero-order valence-corrected chi connectivity index (χ0v) is 25.8. The molecule has 4 amide bonds. The topological polar surface area (TPSA) is 104 Å². The van der Waals surface area contributed by atoms with Crippen molar-refractivity contribution < 1.29 is 29.0 Å². The molecule has 2 aliphatic carbocycles. The highest BCUT2D eigenvalue weighted by molar-refractivity contribution is 6.32. The number of rotatable bonds is 6. The summed E-state index contributed by atoms with van der Waals surface area (Å²) >= 11 is 6.46. The Morgan fingerprint density at radius 3 is 1.87 bits per heavy atom. The van der Waals surface area contributed by atoms with E-state index in [2.05, 4.69) is 13.2 Å². The lowest BCUT2D eigenvalue weighted by atomic mass is 9.57. The fourth-order valence-corrected chi connectivity index (χ4v) is 8.14.